The zero-order valence-corrected chi connectivity index (χ0v) is 76.5. The van der Waals surface area contributed by atoms with Gasteiger partial charge in [-0.1, -0.05) is 255 Å². The van der Waals surface area contributed by atoms with Gasteiger partial charge in [0.1, 0.15) is 72.9 Å². The summed E-state index contributed by atoms with van der Waals surface area (Å²) in [5.74, 6) is -7.53. The van der Waals surface area contributed by atoms with E-state index in [1.54, 1.807) is 67.1 Å². The van der Waals surface area contributed by atoms with Crippen LogP contribution in [0.2, 0.25) is 0 Å². The van der Waals surface area contributed by atoms with Crippen molar-refractivity contribution in [2.45, 2.75) is 134 Å². The van der Waals surface area contributed by atoms with Crippen LogP contribution in [-0.4, -0.2) is 0 Å². The van der Waals surface area contributed by atoms with Crippen LogP contribution in [0.3, 0.4) is 0 Å². The molecule has 12 heteroatoms. The first-order valence-electron chi connectivity index (χ1n) is 52.4. The first kappa shape index (κ1) is 68.5. The molecule has 648 valence electrons. The van der Waals surface area contributed by atoms with Crippen molar-refractivity contribution in [1.29, 1.82) is 0 Å². The molecule has 0 aliphatic heterocycles. The molecule has 0 aliphatic rings. The van der Waals surface area contributed by atoms with Crippen LogP contribution in [-0.2, 0) is 28.2 Å². The standard InChI is InChI=1S/4C30H27N2O/c1-18(2)22-16-20(4)32(6)26(17-22)27-19(3)15-24(21-11-8-7-9-12-21)28-23-13-10-14-25(31-5)29(23)33-30(27)28;1-18(2)22-14-20(4)32(6)27(17-22)28-19(3)12-13-24-25-15-23(21-10-8-7-9-11-21)16-26(31-5)29(25)33-30(24)28;1-18(2)22-16-20(4)32(6)26(17-22)27-19(3)12-13-24-28-23(21-10-8-7-9-11-21)14-15-25(31-5)30(28)33-29(24)27;1-18(2)22-16-20(4)32(6)26(17-22)27-19(3)12-13-24-25-15-14-23(21-10-8-7-9-11-21)28(31-5)30(25)33-29(24)27/h4*7-18H,1-4,6H3/q4*+1/i3*1D3,18D;1D3,16D,17D,18D. The number of aromatic nitrogens is 4. The highest BCUT2D eigenvalue weighted by molar-refractivity contribution is 6.21. The van der Waals surface area contributed by atoms with Crippen LogP contribution in [0.4, 0.5) is 22.7 Å². The molecule has 4 unspecified atom stereocenters. The molecule has 8 aromatic heterocycles. The molecule has 20 aromatic rings. The lowest BCUT2D eigenvalue weighted by Gasteiger charge is -2.13. The topological polar surface area (TPSA) is 85.5 Å². The highest BCUT2D eigenvalue weighted by Gasteiger charge is 2.32. The molecule has 0 bridgehead atoms. The summed E-state index contributed by atoms with van der Waals surface area (Å²) in [5.41, 5.74) is 27.0. The average molecular weight is 1740 g/mol. The number of rotatable bonds is 12. The lowest BCUT2D eigenvalue weighted by atomic mass is 9.91. The van der Waals surface area contributed by atoms with E-state index in [4.69, 9.17) is 68.6 Å². The number of pyridine rings is 4. The van der Waals surface area contributed by atoms with Crippen molar-refractivity contribution in [3.63, 3.8) is 0 Å². The Morgan fingerprint density at radius 2 is 0.659 bits per heavy atom. The maximum Gasteiger partial charge on any atom is 0.237 e. The fourth-order valence-corrected chi connectivity index (χ4v) is 17.9. The number of benzene rings is 12. The third-order valence-corrected chi connectivity index (χ3v) is 25.4. The lowest BCUT2D eigenvalue weighted by Crippen LogP contribution is -2.35. The second-order valence-electron chi connectivity index (χ2n) is 33.8. The fraction of sp³-hybridized carbons (Fsp3) is 0.200. The predicted octanol–water partition coefficient (Wildman–Crippen LogP) is 32.1. The summed E-state index contributed by atoms with van der Waals surface area (Å²) >= 11 is 0. The third kappa shape index (κ3) is 16.0. The second kappa shape index (κ2) is 36.1. The average Bonchev–Trinajstić information content (AvgIpc) is 1.40. The van der Waals surface area contributed by atoms with Crippen molar-refractivity contribution in [3.8, 4) is 89.5 Å². The van der Waals surface area contributed by atoms with E-state index in [9.17, 15) is 0 Å². The minimum atomic E-state index is -2.75. The quantitative estimate of drug-likeness (QED) is 0.0901. The highest BCUT2D eigenvalue weighted by atomic mass is 16.3. The van der Waals surface area contributed by atoms with E-state index in [0.717, 1.165) is 161 Å². The Balaban J connectivity index is 0.000000136. The van der Waals surface area contributed by atoms with E-state index < -0.39 is 51.0 Å². The largest absolute Gasteiger partial charge is 0.466 e. The summed E-state index contributed by atoms with van der Waals surface area (Å²) < 4.78 is 182. The lowest BCUT2D eigenvalue weighted by molar-refractivity contribution is -0.666. The van der Waals surface area contributed by atoms with Crippen LogP contribution < -0.4 is 18.3 Å². The SMILES string of the molecule is [2H]C([2H])([2H])C([2H])(C)c1cc(C)[n+](C)c(-c2c(C)cc(-c3ccccc3)c3c2oc2c([N+]#[C-])cccc23)c1.[2H]C([2H])([2H])C([2H])(C)c1cc(C)[n+](C)c(-c2c(C)ccc3c2oc2c([N+]#[C-])cc(-c4ccccc4)cc23)c1.[2H]C([2H])([2H])C([2H])(C)c1cc(C)[n+](C)c(-c2c(C)ccc3c2oc2c([N+]#[C-])ccc(-c4ccccc4)c23)c1.[2H]c1c(C([2H])(C)C([2H])([2H])[2H])c([2H])c(-c2c(C)ccc3c2oc2c([N+]#[C-])c(-c4ccccc4)ccc23)[n+](C)c1C. The van der Waals surface area contributed by atoms with Gasteiger partial charge >= 0.3 is 0 Å². The van der Waals surface area contributed by atoms with Crippen molar-refractivity contribution < 1.29 is 60.6 Å². The second-order valence-corrected chi connectivity index (χ2v) is 33.8. The van der Waals surface area contributed by atoms with Gasteiger partial charge in [0.15, 0.2) is 22.8 Å². The molecule has 0 radical (unpaired) electrons. The van der Waals surface area contributed by atoms with Crippen molar-refractivity contribution in [1.82, 2.24) is 0 Å². The normalized spacial score (nSPS) is 15.6. The summed E-state index contributed by atoms with van der Waals surface area (Å²) in [6, 6.07) is 81.1. The van der Waals surface area contributed by atoms with Crippen molar-refractivity contribution >= 4 is 111 Å². The van der Waals surface area contributed by atoms with Crippen LogP contribution in [0.25, 0.3) is 197 Å². The zero-order chi connectivity index (χ0) is 109. The van der Waals surface area contributed by atoms with Crippen LogP contribution in [0.5, 0.6) is 0 Å². The maximum absolute atomic E-state index is 9.13. The Morgan fingerprint density at radius 1 is 0.280 bits per heavy atom. The van der Waals surface area contributed by atoms with Crippen molar-refractivity contribution in [3.05, 3.63) is 380 Å². The number of para-hydroxylation sites is 1. The number of aryl methyl sites for hydroxylation is 7. The number of furan rings is 4. The van der Waals surface area contributed by atoms with Gasteiger partial charge in [0.2, 0.25) is 45.5 Å². The van der Waals surface area contributed by atoms with Crippen molar-refractivity contribution in [2.24, 2.45) is 28.2 Å². The van der Waals surface area contributed by atoms with Gasteiger partial charge in [-0.25, -0.2) is 19.4 Å². The van der Waals surface area contributed by atoms with E-state index in [2.05, 4.69) is 43.6 Å². The summed E-state index contributed by atoms with van der Waals surface area (Å²) in [7, 11) is 7.49. The molecular weight excluding hydrogens is 1620 g/mol. The summed E-state index contributed by atoms with van der Waals surface area (Å²) in [6.07, 6.45) is 0. The Hall–Kier alpha value is -15.6. The molecule has 0 spiro atoms. The van der Waals surface area contributed by atoms with E-state index in [0.29, 0.717) is 101 Å². The molecule has 0 N–H and O–H groups in total. The molecule has 0 fully saturated rings. The monoisotopic (exact) mass is 1740 g/mol. The van der Waals surface area contributed by atoms with Gasteiger partial charge in [-0.05, 0) is 158 Å². The summed E-state index contributed by atoms with van der Waals surface area (Å²) in [5, 5.41) is 6.76. The predicted molar refractivity (Wildman–Crippen MR) is 542 cm³/mol. The van der Waals surface area contributed by atoms with E-state index in [-0.39, 0.29) is 17.6 Å². The number of nitrogens with zero attached hydrogens (tertiary/aromatic N) is 8. The van der Waals surface area contributed by atoms with Gasteiger partial charge in [-0.3, -0.25) is 0 Å². The third-order valence-electron chi connectivity index (χ3n) is 25.4. The van der Waals surface area contributed by atoms with E-state index in [1.165, 1.54) is 27.7 Å². The molecule has 0 saturated carbocycles. The highest BCUT2D eigenvalue weighted by Crippen LogP contribution is 2.51. The van der Waals surface area contributed by atoms with E-state index in [1.807, 2.05) is 265 Å². The van der Waals surface area contributed by atoms with Gasteiger partial charge in [0, 0.05) is 141 Å². The van der Waals surface area contributed by atoms with Crippen LogP contribution >= 0.6 is 0 Å². The number of fused-ring (bicyclic) bond motifs is 12. The fourth-order valence-electron chi connectivity index (χ4n) is 17.9. The molecule has 8 heterocycles. The first-order chi connectivity index (χ1) is 70.6. The molecule has 12 nitrogen and oxygen atoms in total. The van der Waals surface area contributed by atoms with Gasteiger partial charge in [0.25, 0.3) is 0 Å². The number of hydrogen-bond donors (Lipinski definition) is 0. The summed E-state index contributed by atoms with van der Waals surface area (Å²) in [4.78, 5) is 15.0. The molecule has 0 saturated heterocycles. The maximum atomic E-state index is 9.13. The molecule has 20 rings (SSSR count). The Kier molecular flexibility index (Phi) is 18.8. The number of hydrogen-bond acceptors (Lipinski definition) is 4. The smallest absolute Gasteiger partial charge is 0.237 e. The van der Waals surface area contributed by atoms with Crippen LogP contribution in [0.1, 0.15) is 171 Å². The van der Waals surface area contributed by atoms with Crippen molar-refractivity contribution in [2.75, 3.05) is 0 Å². The Labute approximate surface area is 798 Å². The molecule has 132 heavy (non-hydrogen) atoms. The zero-order valence-electron chi connectivity index (χ0n) is 94.5. The van der Waals surface area contributed by atoms with E-state index >= 15 is 0 Å². The Morgan fingerprint density at radius 3 is 1.17 bits per heavy atom. The summed E-state index contributed by atoms with van der Waals surface area (Å²) in [6.45, 7) is 41.8. The molecular formula is C120H108N8O4+4. The molecule has 0 amide bonds. The first-order valence-corrected chi connectivity index (χ1v) is 43.4. The van der Waals surface area contributed by atoms with Gasteiger partial charge in [-0.15, -0.1) is 0 Å². The van der Waals surface area contributed by atoms with Crippen LogP contribution in [0.15, 0.2) is 285 Å². The molecule has 4 atom stereocenters. The Bertz CT molecular complexity index is 9100. The van der Waals surface area contributed by atoms with Gasteiger partial charge in [0.05, 0.1) is 51.3 Å². The molecule has 0 aliphatic carbocycles. The van der Waals surface area contributed by atoms with Gasteiger partial charge in [-0.2, -0.15) is 18.3 Å². The van der Waals surface area contributed by atoms with Gasteiger partial charge < -0.3 is 17.7 Å². The minimum absolute atomic E-state index is 0.142. The van der Waals surface area contributed by atoms with Crippen LogP contribution in [0, 0.1) is 81.7 Å². The minimum Gasteiger partial charge on any atom is -0.466 e. The molecule has 12 aromatic carbocycles.